The van der Waals surface area contributed by atoms with Gasteiger partial charge in [0.05, 0.1) is 18.7 Å². The molecule has 5 nitrogen and oxygen atoms in total. The maximum atomic E-state index is 12.2. The molecule has 22 heavy (non-hydrogen) atoms. The molecule has 1 fully saturated rings. The van der Waals surface area contributed by atoms with Crippen molar-refractivity contribution in [2.75, 3.05) is 11.9 Å². The standard InChI is InChI=1S/C17H21N3O2/c1-12-7-8-14(22-11-12)9-16(21)19-17-15(10-18-20-17)13-5-3-2-4-6-13/h2-6,10,12,14H,7-9,11H2,1H3,(H2,18,19,20,21)/t12-,14+/m1/s1. The van der Waals surface area contributed by atoms with Crippen molar-refractivity contribution in [1.29, 1.82) is 0 Å². The molecule has 0 spiro atoms. The highest BCUT2D eigenvalue weighted by atomic mass is 16.5. The van der Waals surface area contributed by atoms with E-state index in [-0.39, 0.29) is 12.0 Å². The van der Waals surface area contributed by atoms with Crippen molar-refractivity contribution >= 4 is 11.7 Å². The zero-order valence-corrected chi connectivity index (χ0v) is 12.7. The summed E-state index contributed by atoms with van der Waals surface area (Å²) in [7, 11) is 0. The third-order valence-corrected chi connectivity index (χ3v) is 4.00. The molecule has 1 aliphatic heterocycles. The molecule has 1 aromatic heterocycles. The second-order valence-electron chi connectivity index (χ2n) is 5.91. The molecule has 3 rings (SSSR count). The van der Waals surface area contributed by atoms with Crippen molar-refractivity contribution in [2.24, 2.45) is 5.92 Å². The molecular formula is C17H21N3O2. The van der Waals surface area contributed by atoms with Crippen molar-refractivity contribution in [1.82, 2.24) is 10.2 Å². The number of amides is 1. The van der Waals surface area contributed by atoms with Gasteiger partial charge >= 0.3 is 0 Å². The van der Waals surface area contributed by atoms with Crippen molar-refractivity contribution in [3.8, 4) is 11.1 Å². The van der Waals surface area contributed by atoms with Gasteiger partial charge in [0, 0.05) is 12.2 Å². The monoisotopic (exact) mass is 299 g/mol. The van der Waals surface area contributed by atoms with Gasteiger partial charge in [0.2, 0.25) is 5.91 Å². The number of aromatic nitrogens is 2. The molecule has 0 radical (unpaired) electrons. The number of aromatic amines is 1. The lowest BCUT2D eigenvalue weighted by atomic mass is 9.98. The molecule has 1 aliphatic rings. The van der Waals surface area contributed by atoms with Gasteiger partial charge in [0.25, 0.3) is 0 Å². The molecule has 0 saturated carbocycles. The first kappa shape index (κ1) is 14.8. The van der Waals surface area contributed by atoms with Crippen LogP contribution in [0.15, 0.2) is 36.5 Å². The molecular weight excluding hydrogens is 278 g/mol. The van der Waals surface area contributed by atoms with E-state index in [1.54, 1.807) is 6.20 Å². The van der Waals surface area contributed by atoms with Gasteiger partial charge in [-0.3, -0.25) is 9.89 Å². The summed E-state index contributed by atoms with van der Waals surface area (Å²) in [5, 5.41) is 9.80. The van der Waals surface area contributed by atoms with Gasteiger partial charge in [-0.1, -0.05) is 37.3 Å². The topological polar surface area (TPSA) is 67.0 Å². The molecule has 0 aliphatic carbocycles. The van der Waals surface area contributed by atoms with Crippen LogP contribution in [0.2, 0.25) is 0 Å². The SMILES string of the molecule is C[C@@H]1CC[C@@H](CC(=O)Nc2[nH]ncc2-c2ccccc2)OC1. The van der Waals surface area contributed by atoms with E-state index < -0.39 is 0 Å². The minimum atomic E-state index is -0.0408. The van der Waals surface area contributed by atoms with Crippen LogP contribution in [0.3, 0.4) is 0 Å². The number of ether oxygens (including phenoxy) is 1. The van der Waals surface area contributed by atoms with E-state index >= 15 is 0 Å². The fourth-order valence-corrected chi connectivity index (χ4v) is 2.71. The second-order valence-corrected chi connectivity index (χ2v) is 5.91. The summed E-state index contributed by atoms with van der Waals surface area (Å²) in [5.74, 6) is 1.19. The number of hydrogen-bond donors (Lipinski definition) is 2. The zero-order chi connectivity index (χ0) is 15.4. The average Bonchev–Trinajstić information content (AvgIpc) is 2.98. The Hall–Kier alpha value is -2.14. The van der Waals surface area contributed by atoms with E-state index in [9.17, 15) is 4.79 Å². The van der Waals surface area contributed by atoms with Crippen molar-refractivity contribution < 1.29 is 9.53 Å². The molecule has 2 N–H and O–H groups in total. The van der Waals surface area contributed by atoms with E-state index in [0.717, 1.165) is 30.6 Å². The molecule has 2 atom stereocenters. The van der Waals surface area contributed by atoms with Crippen LogP contribution in [0.25, 0.3) is 11.1 Å². The summed E-state index contributed by atoms with van der Waals surface area (Å²) in [5.41, 5.74) is 1.92. The van der Waals surface area contributed by atoms with Crippen molar-refractivity contribution in [3.05, 3.63) is 36.5 Å². The third-order valence-electron chi connectivity index (χ3n) is 4.00. The summed E-state index contributed by atoms with van der Waals surface area (Å²) in [4.78, 5) is 12.2. The van der Waals surface area contributed by atoms with Crippen LogP contribution < -0.4 is 5.32 Å². The van der Waals surface area contributed by atoms with Crippen LogP contribution in [-0.2, 0) is 9.53 Å². The predicted octanol–water partition coefficient (Wildman–Crippen LogP) is 3.22. The van der Waals surface area contributed by atoms with Gasteiger partial charge < -0.3 is 10.1 Å². The maximum Gasteiger partial charge on any atom is 0.228 e. The first-order chi connectivity index (χ1) is 10.7. The Morgan fingerprint density at radius 1 is 1.36 bits per heavy atom. The molecule has 2 heterocycles. The smallest absolute Gasteiger partial charge is 0.228 e. The van der Waals surface area contributed by atoms with Gasteiger partial charge in [0.15, 0.2) is 0 Å². The Morgan fingerprint density at radius 2 is 2.18 bits per heavy atom. The Balaban J connectivity index is 1.62. The highest BCUT2D eigenvalue weighted by Gasteiger charge is 2.22. The highest BCUT2D eigenvalue weighted by molar-refractivity contribution is 5.94. The van der Waals surface area contributed by atoms with Crippen molar-refractivity contribution in [3.63, 3.8) is 0 Å². The summed E-state index contributed by atoms with van der Waals surface area (Å²) in [6, 6.07) is 9.87. The number of nitrogens with one attached hydrogen (secondary N) is 2. The lowest BCUT2D eigenvalue weighted by Gasteiger charge is -2.26. The molecule has 2 aromatic rings. The molecule has 1 aromatic carbocycles. The molecule has 1 amide bonds. The Morgan fingerprint density at radius 3 is 2.91 bits per heavy atom. The minimum absolute atomic E-state index is 0.0271. The average molecular weight is 299 g/mol. The Labute approximate surface area is 130 Å². The first-order valence-electron chi connectivity index (χ1n) is 7.72. The summed E-state index contributed by atoms with van der Waals surface area (Å²) >= 11 is 0. The van der Waals surface area contributed by atoms with E-state index in [2.05, 4.69) is 22.4 Å². The first-order valence-corrected chi connectivity index (χ1v) is 7.72. The van der Waals surface area contributed by atoms with Crippen LogP contribution in [0.4, 0.5) is 5.82 Å². The molecule has 116 valence electrons. The zero-order valence-electron chi connectivity index (χ0n) is 12.7. The lowest BCUT2D eigenvalue weighted by molar-refractivity contribution is -0.120. The molecule has 1 saturated heterocycles. The second kappa shape index (κ2) is 6.75. The van der Waals surface area contributed by atoms with Crippen molar-refractivity contribution in [2.45, 2.75) is 32.3 Å². The minimum Gasteiger partial charge on any atom is -0.377 e. The van der Waals surface area contributed by atoms with Crippen LogP contribution in [-0.4, -0.2) is 28.8 Å². The van der Waals surface area contributed by atoms with E-state index in [0.29, 0.717) is 18.2 Å². The van der Waals surface area contributed by atoms with Gasteiger partial charge in [-0.2, -0.15) is 5.10 Å². The summed E-state index contributed by atoms with van der Waals surface area (Å²) in [6.45, 7) is 2.92. The van der Waals surface area contributed by atoms with E-state index in [4.69, 9.17) is 4.74 Å². The molecule has 0 bridgehead atoms. The quantitative estimate of drug-likeness (QED) is 0.911. The fourth-order valence-electron chi connectivity index (χ4n) is 2.71. The molecule has 5 heteroatoms. The number of nitrogens with zero attached hydrogens (tertiary/aromatic N) is 1. The number of H-pyrrole nitrogens is 1. The number of rotatable bonds is 4. The number of carbonyl (C=O) groups is 1. The van der Waals surface area contributed by atoms with Gasteiger partial charge in [-0.15, -0.1) is 0 Å². The molecule has 0 unspecified atom stereocenters. The maximum absolute atomic E-state index is 12.2. The third kappa shape index (κ3) is 3.54. The van der Waals surface area contributed by atoms with Crippen LogP contribution in [0.1, 0.15) is 26.2 Å². The van der Waals surface area contributed by atoms with Crippen LogP contribution in [0, 0.1) is 5.92 Å². The number of hydrogen-bond acceptors (Lipinski definition) is 3. The summed E-state index contributed by atoms with van der Waals surface area (Å²) in [6.07, 6.45) is 4.21. The fraction of sp³-hybridized carbons (Fsp3) is 0.412. The number of benzene rings is 1. The predicted molar refractivity (Wildman–Crippen MR) is 85.4 cm³/mol. The number of carbonyl (C=O) groups excluding carboxylic acids is 1. The Bertz CT molecular complexity index is 616. The highest BCUT2D eigenvalue weighted by Crippen LogP contribution is 2.26. The normalized spacial score (nSPS) is 21.5. The van der Waals surface area contributed by atoms with Gasteiger partial charge in [0.1, 0.15) is 5.82 Å². The Kier molecular flexibility index (Phi) is 4.53. The van der Waals surface area contributed by atoms with Gasteiger partial charge in [-0.25, -0.2) is 0 Å². The lowest BCUT2D eigenvalue weighted by Crippen LogP contribution is -2.28. The van der Waals surface area contributed by atoms with E-state index in [1.165, 1.54) is 0 Å². The largest absolute Gasteiger partial charge is 0.377 e. The van der Waals surface area contributed by atoms with Crippen LogP contribution in [0.5, 0.6) is 0 Å². The van der Waals surface area contributed by atoms with Crippen LogP contribution >= 0.6 is 0 Å². The van der Waals surface area contributed by atoms with Gasteiger partial charge in [-0.05, 0) is 24.3 Å². The van der Waals surface area contributed by atoms with E-state index in [1.807, 2.05) is 30.3 Å². The summed E-state index contributed by atoms with van der Waals surface area (Å²) < 4.78 is 5.71. The number of anilines is 1.